The van der Waals surface area contributed by atoms with Crippen LogP contribution in [-0.2, 0) is 4.79 Å². The molecule has 0 atom stereocenters. The van der Waals surface area contributed by atoms with Crippen molar-refractivity contribution in [2.75, 3.05) is 13.2 Å². The Morgan fingerprint density at radius 2 is 1.80 bits per heavy atom. The smallest absolute Gasteiger partial charge is 0.236 e. The topological polar surface area (TPSA) is 49.3 Å². The molecule has 0 fully saturated rings. The molecule has 0 aromatic carbocycles. The maximum Gasteiger partial charge on any atom is 0.236 e. The first-order valence-corrected chi connectivity index (χ1v) is 6.18. The Kier molecular flexibility index (Phi) is 5.81. The molecule has 3 nitrogen and oxygen atoms in total. The highest BCUT2D eigenvalue weighted by atomic mass is 79.9. The van der Waals surface area contributed by atoms with E-state index in [4.69, 9.17) is 0 Å². The summed E-state index contributed by atoms with van der Waals surface area (Å²) in [6.45, 7) is 8.32. The van der Waals surface area contributed by atoms with Crippen molar-refractivity contribution in [1.29, 1.82) is 0 Å². The first-order valence-electron chi connectivity index (χ1n) is 5.39. The second-order valence-electron chi connectivity index (χ2n) is 4.52. The largest absolute Gasteiger partial charge is 0.396 e. The highest BCUT2D eigenvalue weighted by Crippen LogP contribution is 2.25. The number of alkyl halides is 1. The van der Waals surface area contributed by atoms with E-state index in [1.165, 1.54) is 0 Å². The lowest BCUT2D eigenvalue weighted by molar-refractivity contribution is -0.123. The second-order valence-corrected chi connectivity index (χ2v) is 6.50. The van der Waals surface area contributed by atoms with E-state index in [1.807, 2.05) is 13.8 Å². The van der Waals surface area contributed by atoms with Crippen molar-refractivity contribution in [3.05, 3.63) is 0 Å². The Bertz CT molecular complexity index is 199. The Balaban J connectivity index is 4.29. The number of aliphatic hydroxyl groups is 1. The normalized spacial score (nSPS) is 12.7. The van der Waals surface area contributed by atoms with Crippen molar-refractivity contribution in [1.82, 2.24) is 5.32 Å². The monoisotopic (exact) mass is 279 g/mol. The first kappa shape index (κ1) is 14.9. The number of hydrogen-bond donors (Lipinski definition) is 2. The molecule has 0 spiro atoms. The van der Waals surface area contributed by atoms with Crippen molar-refractivity contribution >= 4 is 21.8 Å². The van der Waals surface area contributed by atoms with E-state index in [2.05, 4.69) is 21.2 Å². The molecule has 4 heteroatoms. The number of rotatable bonds is 6. The summed E-state index contributed by atoms with van der Waals surface area (Å²) in [6.07, 6.45) is 1.73. The van der Waals surface area contributed by atoms with Crippen LogP contribution in [0.5, 0.6) is 0 Å². The van der Waals surface area contributed by atoms with Gasteiger partial charge in [0.15, 0.2) is 0 Å². The lowest BCUT2D eigenvalue weighted by atomic mass is 9.83. The summed E-state index contributed by atoms with van der Waals surface area (Å²) in [5.41, 5.74) is -0.173. The molecule has 0 saturated carbocycles. The molecule has 90 valence electrons. The highest BCUT2D eigenvalue weighted by molar-refractivity contribution is 9.10. The number of amides is 1. The van der Waals surface area contributed by atoms with Gasteiger partial charge in [-0.05, 0) is 26.7 Å². The van der Waals surface area contributed by atoms with E-state index in [1.54, 1.807) is 13.8 Å². The van der Waals surface area contributed by atoms with Crippen LogP contribution >= 0.6 is 15.9 Å². The van der Waals surface area contributed by atoms with Crippen LogP contribution < -0.4 is 5.32 Å². The average molecular weight is 280 g/mol. The van der Waals surface area contributed by atoms with Crippen molar-refractivity contribution in [3.8, 4) is 0 Å². The fraction of sp³-hybridized carbons (Fsp3) is 0.909. The predicted molar refractivity (Wildman–Crippen MR) is 66.1 cm³/mol. The van der Waals surface area contributed by atoms with Crippen molar-refractivity contribution in [3.63, 3.8) is 0 Å². The molecule has 0 bridgehead atoms. The second kappa shape index (κ2) is 5.85. The number of nitrogens with one attached hydrogen (secondary N) is 1. The van der Waals surface area contributed by atoms with Crippen LogP contribution in [0.2, 0.25) is 0 Å². The summed E-state index contributed by atoms with van der Waals surface area (Å²) in [4.78, 5) is 11.6. The molecule has 0 heterocycles. The highest BCUT2D eigenvalue weighted by Gasteiger charge is 2.29. The van der Waals surface area contributed by atoms with E-state index < -0.39 is 4.32 Å². The Morgan fingerprint density at radius 3 is 2.07 bits per heavy atom. The van der Waals surface area contributed by atoms with Crippen LogP contribution in [0.25, 0.3) is 0 Å². The minimum Gasteiger partial charge on any atom is -0.396 e. The minimum absolute atomic E-state index is 0.0396. The fourth-order valence-corrected chi connectivity index (χ4v) is 1.40. The third-order valence-corrected chi connectivity index (χ3v) is 3.36. The van der Waals surface area contributed by atoms with Crippen molar-refractivity contribution in [2.45, 2.75) is 44.9 Å². The Morgan fingerprint density at radius 1 is 1.33 bits per heavy atom. The third-order valence-electron chi connectivity index (χ3n) is 3.00. The molecule has 0 radical (unpaired) electrons. The molecule has 0 rings (SSSR count). The number of carbonyl (C=O) groups excluding carboxylic acids is 1. The molecule has 0 aliphatic carbocycles. The minimum atomic E-state index is -0.546. The molecule has 0 aliphatic rings. The van der Waals surface area contributed by atoms with Crippen LogP contribution in [0.3, 0.4) is 0 Å². The van der Waals surface area contributed by atoms with Crippen LogP contribution in [0.1, 0.15) is 40.5 Å². The summed E-state index contributed by atoms with van der Waals surface area (Å²) in [5.74, 6) is -0.0396. The van der Waals surface area contributed by atoms with Gasteiger partial charge in [-0.15, -0.1) is 0 Å². The van der Waals surface area contributed by atoms with E-state index in [9.17, 15) is 9.90 Å². The predicted octanol–water partition coefficient (Wildman–Crippen LogP) is 2.07. The summed E-state index contributed by atoms with van der Waals surface area (Å²) >= 11 is 3.30. The average Bonchev–Trinajstić information content (AvgIpc) is 2.19. The van der Waals surface area contributed by atoms with E-state index in [0.29, 0.717) is 6.54 Å². The first-order chi connectivity index (χ1) is 6.81. The molecule has 0 aromatic rings. The molecule has 2 N–H and O–H groups in total. The van der Waals surface area contributed by atoms with Gasteiger partial charge in [0.2, 0.25) is 5.91 Å². The Labute approximate surface area is 101 Å². The zero-order valence-corrected chi connectivity index (χ0v) is 11.6. The van der Waals surface area contributed by atoms with E-state index >= 15 is 0 Å². The summed E-state index contributed by atoms with van der Waals surface area (Å²) in [7, 11) is 0. The number of carbonyl (C=O) groups is 1. The van der Waals surface area contributed by atoms with Gasteiger partial charge in [0.1, 0.15) is 0 Å². The molecule has 15 heavy (non-hydrogen) atoms. The van der Waals surface area contributed by atoms with Gasteiger partial charge in [0, 0.05) is 12.0 Å². The van der Waals surface area contributed by atoms with Crippen LogP contribution in [0.15, 0.2) is 0 Å². The van der Waals surface area contributed by atoms with E-state index in [0.717, 1.165) is 12.8 Å². The molecular formula is C11H22BrNO2. The third kappa shape index (κ3) is 4.51. The van der Waals surface area contributed by atoms with Gasteiger partial charge >= 0.3 is 0 Å². The zero-order valence-electron chi connectivity index (χ0n) is 10.1. The maximum atomic E-state index is 11.6. The summed E-state index contributed by atoms with van der Waals surface area (Å²) in [6, 6.07) is 0. The zero-order chi connectivity index (χ0) is 12.1. The molecule has 1 amide bonds. The number of hydrogen-bond acceptors (Lipinski definition) is 2. The van der Waals surface area contributed by atoms with Gasteiger partial charge in [-0.25, -0.2) is 0 Å². The van der Waals surface area contributed by atoms with Gasteiger partial charge in [-0.3, -0.25) is 4.79 Å². The van der Waals surface area contributed by atoms with Crippen molar-refractivity contribution < 1.29 is 9.90 Å². The van der Waals surface area contributed by atoms with E-state index in [-0.39, 0.29) is 17.9 Å². The van der Waals surface area contributed by atoms with Crippen molar-refractivity contribution in [2.24, 2.45) is 5.41 Å². The summed E-state index contributed by atoms with van der Waals surface area (Å²) in [5, 5.41) is 12.2. The molecular weight excluding hydrogens is 258 g/mol. The molecule has 0 saturated heterocycles. The van der Waals surface area contributed by atoms with Gasteiger partial charge in [0.05, 0.1) is 10.9 Å². The number of aliphatic hydroxyl groups excluding tert-OH is 1. The van der Waals surface area contributed by atoms with Gasteiger partial charge in [0.25, 0.3) is 0 Å². The van der Waals surface area contributed by atoms with Gasteiger partial charge in [-0.2, -0.15) is 0 Å². The standard InChI is InChI=1S/C11H22BrNO2/c1-5-11(6-2,8-14)7-13-9(15)10(3,4)12/h14H,5-8H2,1-4H3,(H,13,15). The maximum absolute atomic E-state index is 11.6. The molecule has 0 aliphatic heterocycles. The molecule has 0 unspecified atom stereocenters. The van der Waals surface area contributed by atoms with Crippen LogP contribution in [-0.4, -0.2) is 28.5 Å². The lowest BCUT2D eigenvalue weighted by Gasteiger charge is -2.30. The molecule has 0 aromatic heterocycles. The fourth-order valence-electron chi connectivity index (χ4n) is 1.26. The lowest BCUT2D eigenvalue weighted by Crippen LogP contribution is -2.44. The Hall–Kier alpha value is -0.0900. The quantitative estimate of drug-likeness (QED) is 0.732. The van der Waals surface area contributed by atoms with Gasteiger partial charge in [-0.1, -0.05) is 29.8 Å². The SMILES string of the molecule is CCC(CC)(CO)CNC(=O)C(C)(C)Br. The van der Waals surface area contributed by atoms with Crippen LogP contribution in [0.4, 0.5) is 0 Å². The number of halogens is 1. The summed E-state index contributed by atoms with van der Waals surface area (Å²) < 4.78 is -0.546. The van der Waals surface area contributed by atoms with Crippen LogP contribution in [0, 0.1) is 5.41 Å². The van der Waals surface area contributed by atoms with Gasteiger partial charge < -0.3 is 10.4 Å².